The van der Waals surface area contributed by atoms with Crippen LogP contribution < -0.4 is 4.90 Å². The number of hydrogen-bond donors (Lipinski definition) is 0. The molecule has 12 rings (SSSR count). The lowest BCUT2D eigenvalue weighted by atomic mass is 9.95. The van der Waals surface area contributed by atoms with Gasteiger partial charge in [0.05, 0.1) is 5.69 Å². The second kappa shape index (κ2) is 14.8. The summed E-state index contributed by atoms with van der Waals surface area (Å²) in [6.45, 7) is 0. The number of nitrogens with zero attached hydrogens (tertiary/aromatic N) is 1. The average Bonchev–Trinajstić information content (AvgIpc) is 3.71. The summed E-state index contributed by atoms with van der Waals surface area (Å²) in [6, 6.07) is 85.6. The van der Waals surface area contributed by atoms with Gasteiger partial charge in [0.25, 0.3) is 0 Å². The zero-order chi connectivity index (χ0) is 41.0. The summed E-state index contributed by atoms with van der Waals surface area (Å²) >= 11 is 0. The summed E-state index contributed by atoms with van der Waals surface area (Å²) < 4.78 is 6.59. The highest BCUT2D eigenvalue weighted by Gasteiger charge is 2.21. The van der Waals surface area contributed by atoms with E-state index in [2.05, 4.69) is 241 Å². The van der Waals surface area contributed by atoms with Crippen molar-refractivity contribution in [3.05, 3.63) is 237 Å². The minimum Gasteiger partial charge on any atom is -0.456 e. The van der Waals surface area contributed by atoms with Crippen molar-refractivity contribution in [1.82, 2.24) is 0 Å². The van der Waals surface area contributed by atoms with Gasteiger partial charge in [-0.25, -0.2) is 0 Å². The largest absolute Gasteiger partial charge is 0.456 e. The maximum atomic E-state index is 6.59. The van der Waals surface area contributed by atoms with E-state index in [-0.39, 0.29) is 0 Å². The van der Waals surface area contributed by atoms with Gasteiger partial charge in [0.15, 0.2) is 0 Å². The van der Waals surface area contributed by atoms with Gasteiger partial charge in [-0.3, -0.25) is 0 Å². The number of hydrogen-bond acceptors (Lipinski definition) is 2. The molecule has 11 aromatic carbocycles. The fourth-order valence-electron chi connectivity index (χ4n) is 9.40. The molecular formula is C60H39NO. The van der Waals surface area contributed by atoms with Gasteiger partial charge < -0.3 is 9.32 Å². The molecule has 0 radical (unpaired) electrons. The number of fused-ring (bicyclic) bond motifs is 6. The molecule has 0 bridgehead atoms. The van der Waals surface area contributed by atoms with Crippen molar-refractivity contribution in [1.29, 1.82) is 0 Å². The summed E-state index contributed by atoms with van der Waals surface area (Å²) in [4.78, 5) is 2.41. The molecule has 0 saturated heterocycles. The lowest BCUT2D eigenvalue weighted by Gasteiger charge is -2.28. The Morgan fingerprint density at radius 3 is 1.71 bits per heavy atom. The molecule has 0 atom stereocenters. The highest BCUT2D eigenvalue weighted by atomic mass is 16.3. The number of para-hydroxylation sites is 1. The van der Waals surface area contributed by atoms with Gasteiger partial charge in [0.1, 0.15) is 11.2 Å². The van der Waals surface area contributed by atoms with Gasteiger partial charge >= 0.3 is 0 Å². The molecule has 0 unspecified atom stereocenters. The van der Waals surface area contributed by atoms with Crippen molar-refractivity contribution in [2.75, 3.05) is 4.90 Å². The molecule has 290 valence electrons. The van der Waals surface area contributed by atoms with E-state index in [1.165, 1.54) is 60.1 Å². The predicted octanol–water partition coefficient (Wildman–Crippen LogP) is 17.2. The van der Waals surface area contributed by atoms with Gasteiger partial charge in [0.2, 0.25) is 0 Å². The Labute approximate surface area is 360 Å². The van der Waals surface area contributed by atoms with E-state index in [1.807, 2.05) is 0 Å². The summed E-state index contributed by atoms with van der Waals surface area (Å²) in [5, 5.41) is 9.56. The van der Waals surface area contributed by atoms with Crippen molar-refractivity contribution in [2.24, 2.45) is 0 Å². The third-order valence-corrected chi connectivity index (χ3v) is 12.4. The van der Waals surface area contributed by atoms with Gasteiger partial charge in [-0.15, -0.1) is 0 Å². The zero-order valence-electron chi connectivity index (χ0n) is 33.9. The number of rotatable bonds is 7. The highest BCUT2D eigenvalue weighted by molar-refractivity contribution is 6.16. The van der Waals surface area contributed by atoms with Crippen LogP contribution in [0.5, 0.6) is 0 Å². The van der Waals surface area contributed by atoms with Crippen LogP contribution in [0, 0.1) is 0 Å². The zero-order valence-corrected chi connectivity index (χ0v) is 33.9. The van der Waals surface area contributed by atoms with Crippen LogP contribution in [-0.4, -0.2) is 0 Å². The number of furan rings is 1. The predicted molar refractivity (Wildman–Crippen MR) is 263 cm³/mol. The molecule has 0 amide bonds. The molecule has 1 heterocycles. The van der Waals surface area contributed by atoms with Crippen LogP contribution in [0.2, 0.25) is 0 Å². The lowest BCUT2D eigenvalue weighted by molar-refractivity contribution is 0.669. The molecule has 1 aromatic heterocycles. The smallest absolute Gasteiger partial charge is 0.136 e. The normalized spacial score (nSPS) is 11.5. The van der Waals surface area contributed by atoms with Gasteiger partial charge in [-0.05, 0) is 132 Å². The summed E-state index contributed by atoms with van der Waals surface area (Å²) in [5.41, 5.74) is 14.4. The molecule has 0 spiro atoms. The SMILES string of the molecule is c1cc(-c2ccc(N(c3cccc(-c4cccc5ccccc45)c3)c3ccccc3-c3cccc4oc5cc6ccccc6cc5c34)cc2)cc(-c2ccc3ccccc3c2)c1. The Bertz CT molecular complexity index is 3650. The van der Waals surface area contributed by atoms with E-state index in [4.69, 9.17) is 4.42 Å². The molecule has 0 saturated carbocycles. The fourth-order valence-corrected chi connectivity index (χ4v) is 9.40. The first kappa shape index (κ1) is 35.7. The average molecular weight is 790 g/mol. The van der Waals surface area contributed by atoms with Crippen LogP contribution in [0.4, 0.5) is 17.1 Å². The molecule has 12 aromatic rings. The first-order valence-corrected chi connectivity index (χ1v) is 21.2. The molecule has 0 fully saturated rings. The monoisotopic (exact) mass is 789 g/mol. The first-order valence-electron chi connectivity index (χ1n) is 21.2. The fraction of sp³-hybridized carbons (Fsp3) is 0. The van der Waals surface area contributed by atoms with Crippen molar-refractivity contribution in [3.63, 3.8) is 0 Å². The Kier molecular flexibility index (Phi) is 8.53. The number of anilines is 3. The maximum Gasteiger partial charge on any atom is 0.136 e. The van der Waals surface area contributed by atoms with Crippen LogP contribution in [0.1, 0.15) is 0 Å². The van der Waals surface area contributed by atoms with Crippen molar-refractivity contribution >= 4 is 71.3 Å². The van der Waals surface area contributed by atoms with Crippen LogP contribution in [0.3, 0.4) is 0 Å². The molecular weight excluding hydrogens is 751 g/mol. The van der Waals surface area contributed by atoms with Crippen molar-refractivity contribution in [2.45, 2.75) is 0 Å². The second-order valence-electron chi connectivity index (χ2n) is 16.1. The van der Waals surface area contributed by atoms with Gasteiger partial charge in [-0.1, -0.05) is 176 Å². The number of benzene rings is 11. The third kappa shape index (κ3) is 6.20. The Hall–Kier alpha value is -8.20. The van der Waals surface area contributed by atoms with Crippen LogP contribution in [-0.2, 0) is 0 Å². The van der Waals surface area contributed by atoms with Gasteiger partial charge in [-0.2, -0.15) is 0 Å². The molecule has 2 nitrogen and oxygen atoms in total. The van der Waals surface area contributed by atoms with Crippen LogP contribution >= 0.6 is 0 Å². The standard InChI is InChI=1S/C60H39NO/c1-2-15-43-36-48(30-29-40(43)13-1)45-20-9-19-44(35-45)41-31-33-50(34-32-41)61(51-22-10-21-49(37-51)53-25-11-18-42-14-5-6-23-52(42)53)57-27-8-7-24-54(57)55-26-12-28-58-60(55)56-38-46-16-3-4-17-47(46)39-59(56)62-58/h1-39H. The van der Waals surface area contributed by atoms with E-state index < -0.39 is 0 Å². The van der Waals surface area contributed by atoms with Crippen molar-refractivity contribution in [3.8, 4) is 44.5 Å². The van der Waals surface area contributed by atoms with E-state index in [1.54, 1.807) is 0 Å². The molecule has 0 aliphatic carbocycles. The minimum atomic E-state index is 0.877. The van der Waals surface area contributed by atoms with E-state index in [0.717, 1.165) is 55.7 Å². The maximum absolute atomic E-state index is 6.59. The summed E-state index contributed by atoms with van der Waals surface area (Å²) in [7, 11) is 0. The van der Waals surface area contributed by atoms with E-state index >= 15 is 0 Å². The Morgan fingerprint density at radius 1 is 0.274 bits per heavy atom. The minimum absolute atomic E-state index is 0.877. The molecule has 62 heavy (non-hydrogen) atoms. The van der Waals surface area contributed by atoms with Crippen LogP contribution in [0.25, 0.3) is 98.8 Å². The first-order chi connectivity index (χ1) is 30.7. The molecule has 2 heteroatoms. The Balaban J connectivity index is 1.02. The van der Waals surface area contributed by atoms with E-state index in [0.29, 0.717) is 0 Å². The molecule has 0 N–H and O–H groups in total. The molecule has 0 aliphatic rings. The second-order valence-corrected chi connectivity index (χ2v) is 16.1. The van der Waals surface area contributed by atoms with Crippen molar-refractivity contribution < 1.29 is 4.42 Å². The third-order valence-electron chi connectivity index (χ3n) is 12.4. The summed E-state index contributed by atoms with van der Waals surface area (Å²) in [6.07, 6.45) is 0. The Morgan fingerprint density at radius 2 is 0.855 bits per heavy atom. The quantitative estimate of drug-likeness (QED) is 0.160. The van der Waals surface area contributed by atoms with Crippen LogP contribution in [0.15, 0.2) is 241 Å². The highest BCUT2D eigenvalue weighted by Crippen LogP contribution is 2.46. The lowest BCUT2D eigenvalue weighted by Crippen LogP contribution is -2.11. The van der Waals surface area contributed by atoms with E-state index in [9.17, 15) is 0 Å². The topological polar surface area (TPSA) is 16.4 Å². The summed E-state index contributed by atoms with van der Waals surface area (Å²) in [5.74, 6) is 0. The molecule has 0 aliphatic heterocycles. The van der Waals surface area contributed by atoms with Gasteiger partial charge in [0, 0.05) is 27.7 Å².